The third-order valence-corrected chi connectivity index (χ3v) is 6.91. The van der Waals surface area contributed by atoms with E-state index in [0.29, 0.717) is 39.1 Å². The van der Waals surface area contributed by atoms with E-state index < -0.39 is 0 Å². The number of carbonyl (C=O) groups excluding carboxylic acids is 1. The maximum atomic E-state index is 13.4. The molecule has 0 fully saturated rings. The zero-order chi connectivity index (χ0) is 24.1. The van der Waals surface area contributed by atoms with Crippen LogP contribution in [0.4, 0.5) is 10.1 Å². The number of hydrogen-bond donors (Lipinski definition) is 1. The fourth-order valence-corrected chi connectivity index (χ4v) is 5.32. The molecule has 0 aliphatic carbocycles. The average Bonchev–Trinajstić information content (AvgIpc) is 3.26. The van der Waals surface area contributed by atoms with E-state index in [9.17, 15) is 14.0 Å². The van der Waals surface area contributed by atoms with Gasteiger partial charge in [-0.15, -0.1) is 17.9 Å². The maximum absolute atomic E-state index is 13.4. The van der Waals surface area contributed by atoms with Crippen LogP contribution >= 0.6 is 23.1 Å². The third-order valence-electron chi connectivity index (χ3n) is 5.06. The number of benzene rings is 2. The molecule has 2 aromatic carbocycles. The Morgan fingerprint density at radius 3 is 2.65 bits per heavy atom. The number of nitrogens with zero attached hydrogens (tertiary/aromatic N) is 2. The van der Waals surface area contributed by atoms with E-state index in [-0.39, 0.29) is 23.7 Å². The molecule has 4 rings (SSSR count). The van der Waals surface area contributed by atoms with E-state index >= 15 is 0 Å². The number of amides is 1. The number of hydrogen-bond acceptors (Lipinski definition) is 6. The van der Waals surface area contributed by atoms with Crippen LogP contribution in [-0.4, -0.2) is 28.3 Å². The number of ether oxygens (including phenoxy) is 1. The second-order valence-electron chi connectivity index (χ2n) is 7.31. The van der Waals surface area contributed by atoms with Crippen LogP contribution in [0.15, 0.2) is 76.5 Å². The van der Waals surface area contributed by atoms with Crippen molar-refractivity contribution < 1.29 is 13.9 Å². The molecule has 6 nitrogen and oxygen atoms in total. The number of allylic oxidation sites excluding steroid dienone is 1. The summed E-state index contributed by atoms with van der Waals surface area (Å²) in [6.45, 7) is 4.05. The Labute approximate surface area is 204 Å². The van der Waals surface area contributed by atoms with E-state index in [2.05, 4.69) is 11.9 Å². The van der Waals surface area contributed by atoms with Crippen LogP contribution in [0.5, 0.6) is 5.75 Å². The summed E-state index contributed by atoms with van der Waals surface area (Å²) in [6, 6.07) is 13.1. The number of anilines is 1. The molecule has 1 amide bonds. The Morgan fingerprint density at radius 2 is 1.97 bits per heavy atom. The molecule has 0 atom stereocenters. The number of rotatable bonds is 9. The van der Waals surface area contributed by atoms with Crippen molar-refractivity contribution in [3.05, 3.63) is 82.7 Å². The van der Waals surface area contributed by atoms with Gasteiger partial charge in [-0.25, -0.2) is 9.37 Å². The predicted molar refractivity (Wildman–Crippen MR) is 136 cm³/mol. The van der Waals surface area contributed by atoms with Gasteiger partial charge in [-0.1, -0.05) is 30.0 Å². The molecule has 4 aromatic rings. The Balaban J connectivity index is 1.52. The lowest BCUT2D eigenvalue weighted by Crippen LogP contribution is -2.23. The van der Waals surface area contributed by atoms with Gasteiger partial charge in [-0.2, -0.15) is 0 Å². The summed E-state index contributed by atoms with van der Waals surface area (Å²) >= 11 is 2.71. The van der Waals surface area contributed by atoms with Gasteiger partial charge in [0.15, 0.2) is 5.16 Å². The van der Waals surface area contributed by atoms with Crippen molar-refractivity contribution >= 4 is 44.9 Å². The van der Waals surface area contributed by atoms with Gasteiger partial charge in [0, 0.05) is 35.3 Å². The average molecular weight is 496 g/mol. The van der Waals surface area contributed by atoms with Crippen LogP contribution in [0.3, 0.4) is 0 Å². The first kappa shape index (κ1) is 23.7. The van der Waals surface area contributed by atoms with E-state index in [0.717, 1.165) is 11.1 Å². The van der Waals surface area contributed by atoms with Crippen molar-refractivity contribution in [2.75, 3.05) is 18.2 Å². The number of carbonyl (C=O) groups is 1. The number of aromatic nitrogens is 2. The van der Waals surface area contributed by atoms with Crippen molar-refractivity contribution in [3.63, 3.8) is 0 Å². The second-order valence-corrected chi connectivity index (χ2v) is 9.23. The molecule has 174 valence electrons. The molecule has 1 N–H and O–H groups in total. The summed E-state index contributed by atoms with van der Waals surface area (Å²) in [6.07, 6.45) is 1.89. The van der Waals surface area contributed by atoms with Crippen molar-refractivity contribution in [3.8, 4) is 16.9 Å². The molecule has 0 aliphatic heterocycles. The van der Waals surface area contributed by atoms with E-state index in [1.165, 1.54) is 35.2 Å². The van der Waals surface area contributed by atoms with Gasteiger partial charge in [0.2, 0.25) is 5.91 Å². The van der Waals surface area contributed by atoms with Crippen LogP contribution in [-0.2, 0) is 11.3 Å². The Kier molecular flexibility index (Phi) is 7.44. The zero-order valence-corrected chi connectivity index (χ0v) is 20.0. The SMILES string of the molecule is C=CCn1c(SCCC(=O)Nc2ccc(OC)cc2)nc2scc(-c3ccc(F)cc3)c2c1=O. The summed E-state index contributed by atoms with van der Waals surface area (Å²) in [5, 5.41) is 5.74. The van der Waals surface area contributed by atoms with Gasteiger partial charge in [0.25, 0.3) is 5.56 Å². The minimum absolute atomic E-state index is 0.133. The largest absolute Gasteiger partial charge is 0.497 e. The Hall–Kier alpha value is -3.43. The van der Waals surface area contributed by atoms with Gasteiger partial charge < -0.3 is 10.1 Å². The van der Waals surface area contributed by atoms with Crippen LogP contribution < -0.4 is 15.6 Å². The standard InChI is InChI=1S/C25H22FN3O3S2/c1-3-13-29-24(31)22-20(16-4-6-17(26)7-5-16)15-34-23(22)28-25(29)33-14-12-21(30)27-18-8-10-19(32-2)11-9-18/h3-11,15H,1,12-14H2,2H3,(H,27,30). The number of fused-ring (bicyclic) bond motifs is 1. The van der Waals surface area contributed by atoms with Crippen molar-refractivity contribution in [2.45, 2.75) is 18.1 Å². The van der Waals surface area contributed by atoms with Gasteiger partial charge in [0.1, 0.15) is 16.4 Å². The normalized spacial score (nSPS) is 10.9. The first-order valence-corrected chi connectivity index (χ1v) is 12.3. The van der Waals surface area contributed by atoms with Crippen LogP contribution in [0.2, 0.25) is 0 Å². The second kappa shape index (κ2) is 10.7. The maximum Gasteiger partial charge on any atom is 0.263 e. The Morgan fingerprint density at radius 1 is 1.24 bits per heavy atom. The molecule has 0 saturated carbocycles. The first-order chi connectivity index (χ1) is 16.5. The number of thiophene rings is 1. The summed E-state index contributed by atoms with van der Waals surface area (Å²) in [7, 11) is 1.59. The van der Waals surface area contributed by atoms with Crippen molar-refractivity contribution in [2.24, 2.45) is 0 Å². The quantitative estimate of drug-likeness (QED) is 0.186. The fraction of sp³-hybridized carbons (Fsp3) is 0.160. The number of thioether (sulfide) groups is 1. The van der Waals surface area contributed by atoms with Gasteiger partial charge in [-0.05, 0) is 42.0 Å². The highest BCUT2D eigenvalue weighted by atomic mass is 32.2. The highest BCUT2D eigenvalue weighted by Gasteiger charge is 2.17. The smallest absolute Gasteiger partial charge is 0.263 e. The van der Waals surface area contributed by atoms with Crippen LogP contribution in [0, 0.1) is 5.82 Å². The molecule has 2 heterocycles. The van der Waals surface area contributed by atoms with Gasteiger partial charge in [0.05, 0.1) is 12.5 Å². The van der Waals surface area contributed by atoms with Crippen molar-refractivity contribution in [1.82, 2.24) is 9.55 Å². The highest BCUT2D eigenvalue weighted by Crippen LogP contribution is 2.32. The Bertz CT molecular complexity index is 1380. The molecule has 0 radical (unpaired) electrons. The third kappa shape index (κ3) is 5.21. The van der Waals surface area contributed by atoms with Crippen molar-refractivity contribution in [1.29, 1.82) is 0 Å². The number of methoxy groups -OCH3 is 1. The minimum Gasteiger partial charge on any atom is -0.497 e. The summed E-state index contributed by atoms with van der Waals surface area (Å²) in [5.74, 6) is 0.699. The molecule has 0 bridgehead atoms. The molecule has 0 aliphatic rings. The summed E-state index contributed by atoms with van der Waals surface area (Å²) in [4.78, 5) is 31.0. The first-order valence-electron chi connectivity index (χ1n) is 10.5. The molecule has 2 aromatic heterocycles. The van der Waals surface area contributed by atoms with Gasteiger partial charge >= 0.3 is 0 Å². The van der Waals surface area contributed by atoms with Gasteiger partial charge in [-0.3, -0.25) is 14.2 Å². The monoisotopic (exact) mass is 495 g/mol. The molecule has 34 heavy (non-hydrogen) atoms. The summed E-state index contributed by atoms with van der Waals surface area (Å²) in [5.41, 5.74) is 1.99. The highest BCUT2D eigenvalue weighted by molar-refractivity contribution is 7.99. The minimum atomic E-state index is -0.333. The number of halogens is 1. The lowest BCUT2D eigenvalue weighted by atomic mass is 10.1. The lowest BCUT2D eigenvalue weighted by Gasteiger charge is -2.11. The van der Waals surface area contributed by atoms with E-state index in [1.54, 1.807) is 54.2 Å². The zero-order valence-electron chi connectivity index (χ0n) is 18.4. The lowest BCUT2D eigenvalue weighted by molar-refractivity contribution is -0.115. The van der Waals surface area contributed by atoms with E-state index in [1.807, 2.05) is 5.38 Å². The molecule has 0 unspecified atom stereocenters. The predicted octanol–water partition coefficient (Wildman–Crippen LogP) is 5.58. The molecular weight excluding hydrogens is 473 g/mol. The molecule has 0 saturated heterocycles. The van der Waals surface area contributed by atoms with E-state index in [4.69, 9.17) is 9.72 Å². The molecule has 9 heteroatoms. The van der Waals surface area contributed by atoms with Crippen LogP contribution in [0.25, 0.3) is 21.3 Å². The topological polar surface area (TPSA) is 73.2 Å². The fourth-order valence-electron chi connectivity index (χ4n) is 3.38. The summed E-state index contributed by atoms with van der Waals surface area (Å²) < 4.78 is 20.0. The molecule has 0 spiro atoms. The van der Waals surface area contributed by atoms with Crippen LogP contribution in [0.1, 0.15) is 6.42 Å². The number of nitrogens with one attached hydrogen (secondary N) is 1. The molecular formula is C25H22FN3O3S2.